The van der Waals surface area contributed by atoms with Crippen molar-refractivity contribution >= 4 is 29.0 Å². The van der Waals surface area contributed by atoms with E-state index in [1.807, 2.05) is 22.4 Å². The van der Waals surface area contributed by atoms with E-state index in [1.165, 1.54) is 11.3 Å². The van der Waals surface area contributed by atoms with Crippen molar-refractivity contribution in [3.05, 3.63) is 40.3 Å². The Balaban J connectivity index is 1.47. The van der Waals surface area contributed by atoms with E-state index in [0.717, 1.165) is 48.9 Å². The van der Waals surface area contributed by atoms with Crippen molar-refractivity contribution in [1.29, 1.82) is 0 Å². The molecule has 0 saturated carbocycles. The number of hydrogen-bond acceptors (Lipinski definition) is 6. The molecular formula is C19H22N4O2S. The van der Waals surface area contributed by atoms with E-state index in [-0.39, 0.29) is 17.7 Å². The van der Waals surface area contributed by atoms with Gasteiger partial charge in [-0.25, -0.2) is 9.97 Å². The van der Waals surface area contributed by atoms with Crippen LogP contribution >= 0.6 is 11.3 Å². The van der Waals surface area contributed by atoms with Gasteiger partial charge in [0.25, 0.3) is 0 Å². The third kappa shape index (κ3) is 3.49. The van der Waals surface area contributed by atoms with Crippen LogP contribution in [0, 0.1) is 5.92 Å². The zero-order valence-corrected chi connectivity index (χ0v) is 15.6. The number of piperidine rings is 1. The minimum Gasteiger partial charge on any atom is -0.338 e. The van der Waals surface area contributed by atoms with Gasteiger partial charge >= 0.3 is 0 Å². The van der Waals surface area contributed by atoms with E-state index in [1.54, 1.807) is 19.3 Å². The van der Waals surface area contributed by atoms with Crippen LogP contribution in [-0.4, -0.2) is 52.2 Å². The van der Waals surface area contributed by atoms with Gasteiger partial charge in [0.1, 0.15) is 0 Å². The summed E-state index contributed by atoms with van der Waals surface area (Å²) in [6, 6.07) is 3.88. The molecule has 0 aliphatic carbocycles. The zero-order chi connectivity index (χ0) is 18.1. The summed E-state index contributed by atoms with van der Waals surface area (Å²) < 4.78 is 0. The van der Waals surface area contributed by atoms with Gasteiger partial charge in [-0.3, -0.25) is 9.59 Å². The Morgan fingerprint density at radius 1 is 1.19 bits per heavy atom. The van der Waals surface area contributed by atoms with Crippen LogP contribution in [0.1, 0.15) is 35.0 Å². The Morgan fingerprint density at radius 3 is 2.73 bits per heavy atom. The lowest BCUT2D eigenvalue weighted by atomic mass is 9.94. The molecule has 0 radical (unpaired) electrons. The van der Waals surface area contributed by atoms with Crippen LogP contribution in [0.25, 0.3) is 0 Å². The molecule has 2 bridgehead atoms. The minimum absolute atomic E-state index is 0.0565. The van der Waals surface area contributed by atoms with Crippen molar-refractivity contribution in [2.45, 2.75) is 32.2 Å². The highest BCUT2D eigenvalue weighted by Crippen LogP contribution is 2.30. The first-order valence-corrected chi connectivity index (χ1v) is 9.88. The standard InChI is InChI=1S/C19H22N4O2S/c1-13(24)17-7-15(12-26-17)8-18(25)23-10-14-3-4-16(23)11-22(9-14)19-20-5-2-6-21-19/h2,5-7,12,14,16H,3-4,8-11H2,1H3/t14-,16+/m0/s1. The highest BCUT2D eigenvalue weighted by atomic mass is 32.1. The summed E-state index contributed by atoms with van der Waals surface area (Å²) in [6.45, 7) is 4.05. The van der Waals surface area contributed by atoms with Gasteiger partial charge in [-0.15, -0.1) is 11.3 Å². The Labute approximate surface area is 156 Å². The molecule has 3 fully saturated rings. The SMILES string of the molecule is CC(=O)c1cc(CC(=O)N2C[C@H]3CC[C@@H]2CN(c2ncccn2)C3)cs1. The average Bonchev–Trinajstić information content (AvgIpc) is 2.92. The zero-order valence-electron chi connectivity index (χ0n) is 14.8. The molecule has 5 rings (SSSR count). The molecule has 2 aromatic rings. The number of carbonyl (C=O) groups is 2. The topological polar surface area (TPSA) is 66.4 Å². The number of amides is 1. The molecule has 0 aromatic carbocycles. The fraction of sp³-hybridized carbons (Fsp3) is 0.474. The first kappa shape index (κ1) is 17.1. The molecular weight excluding hydrogens is 348 g/mol. The van der Waals surface area contributed by atoms with E-state index in [0.29, 0.717) is 12.3 Å². The molecule has 0 spiro atoms. The molecule has 26 heavy (non-hydrogen) atoms. The van der Waals surface area contributed by atoms with Gasteiger partial charge in [0.2, 0.25) is 11.9 Å². The maximum Gasteiger partial charge on any atom is 0.227 e. The highest BCUT2D eigenvalue weighted by molar-refractivity contribution is 7.12. The molecule has 1 amide bonds. The largest absolute Gasteiger partial charge is 0.338 e. The minimum atomic E-state index is 0.0565. The van der Waals surface area contributed by atoms with Crippen molar-refractivity contribution in [1.82, 2.24) is 14.9 Å². The monoisotopic (exact) mass is 370 g/mol. The summed E-state index contributed by atoms with van der Waals surface area (Å²) in [7, 11) is 0. The van der Waals surface area contributed by atoms with Gasteiger partial charge in [-0.2, -0.15) is 0 Å². The smallest absolute Gasteiger partial charge is 0.227 e. The fourth-order valence-corrected chi connectivity index (χ4v) is 4.75. The van der Waals surface area contributed by atoms with E-state index in [4.69, 9.17) is 0 Å². The van der Waals surface area contributed by atoms with Crippen LogP contribution < -0.4 is 4.90 Å². The number of ketones is 1. The molecule has 6 nitrogen and oxygen atoms in total. The first-order valence-electron chi connectivity index (χ1n) is 9.00. The highest BCUT2D eigenvalue weighted by Gasteiger charge is 2.37. The van der Waals surface area contributed by atoms with E-state index >= 15 is 0 Å². The van der Waals surface area contributed by atoms with Gasteiger partial charge in [0, 0.05) is 38.1 Å². The lowest BCUT2D eigenvalue weighted by Gasteiger charge is -2.36. The van der Waals surface area contributed by atoms with Crippen molar-refractivity contribution in [2.24, 2.45) is 5.92 Å². The van der Waals surface area contributed by atoms with Crippen LogP contribution in [0.4, 0.5) is 5.95 Å². The normalized spacial score (nSPS) is 22.3. The number of thiophene rings is 1. The predicted octanol–water partition coefficient (Wildman–Crippen LogP) is 2.41. The number of fused-ring (bicyclic) bond motifs is 4. The number of anilines is 1. The molecule has 136 valence electrons. The second-order valence-corrected chi connectivity index (χ2v) is 8.06. The molecule has 2 aromatic heterocycles. The third-order valence-corrected chi connectivity index (χ3v) is 6.30. The molecule has 5 heterocycles. The van der Waals surface area contributed by atoms with Crippen molar-refractivity contribution in [2.75, 3.05) is 24.5 Å². The number of carbonyl (C=O) groups excluding carboxylic acids is 2. The van der Waals surface area contributed by atoms with Crippen molar-refractivity contribution in [3.63, 3.8) is 0 Å². The lowest BCUT2D eigenvalue weighted by molar-refractivity contribution is -0.134. The third-order valence-electron chi connectivity index (χ3n) is 5.22. The van der Waals surface area contributed by atoms with Gasteiger partial charge in [-0.05, 0) is 48.8 Å². The Kier molecular flexibility index (Phi) is 4.72. The van der Waals surface area contributed by atoms with Crippen LogP contribution in [0.5, 0.6) is 0 Å². The van der Waals surface area contributed by atoms with Crippen LogP contribution in [0.15, 0.2) is 29.9 Å². The second-order valence-electron chi connectivity index (χ2n) is 7.15. The summed E-state index contributed by atoms with van der Waals surface area (Å²) in [5.74, 6) is 1.42. The van der Waals surface area contributed by atoms with Crippen LogP contribution in [-0.2, 0) is 11.2 Å². The van der Waals surface area contributed by atoms with Crippen LogP contribution in [0.2, 0.25) is 0 Å². The summed E-state index contributed by atoms with van der Waals surface area (Å²) >= 11 is 1.42. The fourth-order valence-electron chi connectivity index (χ4n) is 3.93. The predicted molar refractivity (Wildman–Crippen MR) is 100 cm³/mol. The second kappa shape index (κ2) is 7.15. The number of hydrogen-bond donors (Lipinski definition) is 0. The molecule has 3 aliphatic rings. The molecule has 3 aliphatic heterocycles. The van der Waals surface area contributed by atoms with Gasteiger partial charge in [0.05, 0.1) is 11.3 Å². The van der Waals surface area contributed by atoms with Crippen molar-refractivity contribution < 1.29 is 9.59 Å². The summed E-state index contributed by atoms with van der Waals surface area (Å²) in [6.07, 6.45) is 6.07. The van der Waals surface area contributed by atoms with E-state index in [2.05, 4.69) is 14.9 Å². The molecule has 3 saturated heterocycles. The Bertz CT molecular complexity index is 807. The van der Waals surface area contributed by atoms with Crippen LogP contribution in [0.3, 0.4) is 0 Å². The number of nitrogens with zero attached hydrogens (tertiary/aromatic N) is 4. The summed E-state index contributed by atoms with van der Waals surface area (Å²) in [5.41, 5.74) is 0.938. The van der Waals surface area contributed by atoms with E-state index in [9.17, 15) is 9.59 Å². The summed E-state index contributed by atoms with van der Waals surface area (Å²) in [5, 5.41) is 1.93. The molecule has 0 unspecified atom stereocenters. The quantitative estimate of drug-likeness (QED) is 0.773. The lowest BCUT2D eigenvalue weighted by Crippen LogP contribution is -2.48. The number of Topliss-reactive ketones (excluding diaryl/α,β-unsaturated/α-hetero) is 1. The maximum absolute atomic E-state index is 12.9. The van der Waals surface area contributed by atoms with Crippen molar-refractivity contribution in [3.8, 4) is 0 Å². The molecule has 0 N–H and O–H groups in total. The van der Waals surface area contributed by atoms with Gasteiger partial charge < -0.3 is 9.80 Å². The summed E-state index contributed by atoms with van der Waals surface area (Å²) in [4.78, 5) is 38.1. The van der Waals surface area contributed by atoms with Gasteiger partial charge in [0.15, 0.2) is 5.78 Å². The first-order chi connectivity index (χ1) is 12.6. The Morgan fingerprint density at radius 2 is 2.00 bits per heavy atom. The Hall–Kier alpha value is -2.28. The molecule has 2 atom stereocenters. The van der Waals surface area contributed by atoms with Gasteiger partial charge in [-0.1, -0.05) is 0 Å². The number of rotatable bonds is 4. The average molecular weight is 370 g/mol. The maximum atomic E-state index is 12.9. The number of aromatic nitrogens is 2. The molecule has 7 heteroatoms. The van der Waals surface area contributed by atoms with E-state index < -0.39 is 0 Å².